The van der Waals surface area contributed by atoms with E-state index in [0.29, 0.717) is 12.0 Å². The van der Waals surface area contributed by atoms with E-state index in [9.17, 15) is 0 Å². The Morgan fingerprint density at radius 2 is 2.33 bits per heavy atom. The average Bonchev–Trinajstić information content (AvgIpc) is 1.77. The summed E-state index contributed by atoms with van der Waals surface area (Å²) in [7, 11) is 0. The summed E-state index contributed by atoms with van der Waals surface area (Å²) >= 11 is 0. The minimum Gasteiger partial charge on any atom is -0.314 e. The molecule has 0 aromatic heterocycles. The van der Waals surface area contributed by atoms with Crippen molar-refractivity contribution in [1.29, 1.82) is 5.26 Å². The first-order chi connectivity index (χ1) is 4.36. The van der Waals surface area contributed by atoms with E-state index in [4.69, 9.17) is 5.26 Å². The monoisotopic (exact) mass is 124 g/mol. The van der Waals surface area contributed by atoms with Crippen LogP contribution in [-0.4, -0.2) is 12.6 Å². The van der Waals surface area contributed by atoms with Crippen LogP contribution in [0.4, 0.5) is 0 Å². The maximum Gasteiger partial charge on any atom is 0.0657 e. The second-order valence-corrected chi connectivity index (χ2v) is 2.55. The molecule has 0 bridgehead atoms. The molecule has 1 saturated carbocycles. The van der Waals surface area contributed by atoms with Gasteiger partial charge in [0.1, 0.15) is 0 Å². The van der Waals surface area contributed by atoms with E-state index >= 15 is 0 Å². The molecule has 0 aromatic carbocycles. The maximum absolute atomic E-state index is 8.39. The van der Waals surface area contributed by atoms with Crippen molar-refractivity contribution in [2.75, 3.05) is 6.54 Å². The molecule has 1 rings (SSSR count). The van der Waals surface area contributed by atoms with Gasteiger partial charge in [0.25, 0.3) is 0 Å². The van der Waals surface area contributed by atoms with Crippen molar-refractivity contribution < 1.29 is 0 Å². The first kappa shape index (κ1) is 6.57. The van der Waals surface area contributed by atoms with Crippen molar-refractivity contribution in [2.45, 2.75) is 25.8 Å². The van der Waals surface area contributed by atoms with Gasteiger partial charge in [-0.25, -0.2) is 0 Å². The Kier molecular flexibility index (Phi) is 2.07. The molecule has 1 fully saturated rings. The molecular weight excluding hydrogens is 112 g/mol. The molecule has 9 heavy (non-hydrogen) atoms. The largest absolute Gasteiger partial charge is 0.314 e. The Labute approximate surface area is 55.9 Å². The van der Waals surface area contributed by atoms with E-state index in [1.54, 1.807) is 0 Å². The van der Waals surface area contributed by atoms with Gasteiger partial charge in [-0.1, -0.05) is 6.92 Å². The molecule has 1 aliphatic rings. The molecule has 0 atom stereocenters. The van der Waals surface area contributed by atoms with Gasteiger partial charge >= 0.3 is 0 Å². The van der Waals surface area contributed by atoms with Crippen molar-refractivity contribution in [3.8, 4) is 6.07 Å². The highest BCUT2D eigenvalue weighted by Gasteiger charge is 2.27. The molecule has 0 heterocycles. The summed E-state index contributed by atoms with van der Waals surface area (Å²) in [5.74, 6) is 0.342. The lowest BCUT2D eigenvalue weighted by Crippen LogP contribution is -2.40. The fourth-order valence-corrected chi connectivity index (χ4v) is 1.18. The third-order valence-corrected chi connectivity index (χ3v) is 1.81. The predicted octanol–water partition coefficient (Wildman–Crippen LogP) is 0.898. The lowest BCUT2D eigenvalue weighted by atomic mass is 9.81. The highest BCUT2D eigenvalue weighted by molar-refractivity contribution is 4.96. The lowest BCUT2D eigenvalue weighted by Gasteiger charge is -2.30. The van der Waals surface area contributed by atoms with E-state index in [0.717, 1.165) is 19.4 Å². The summed E-state index contributed by atoms with van der Waals surface area (Å²) in [6.07, 6.45) is 2.12. The minimum atomic E-state index is 0.342. The third-order valence-electron chi connectivity index (χ3n) is 1.81. The van der Waals surface area contributed by atoms with Crippen LogP contribution < -0.4 is 5.32 Å². The summed E-state index contributed by atoms with van der Waals surface area (Å²) in [5.41, 5.74) is 0. The van der Waals surface area contributed by atoms with Crippen LogP contribution in [0, 0.1) is 17.2 Å². The molecular formula is C7H12N2. The third kappa shape index (κ3) is 1.43. The molecule has 0 aliphatic heterocycles. The standard InChI is InChI=1S/C7H12N2/c1-2-9-7-3-6(4-7)5-8/h6-7,9H,2-4H2,1H3/t6-,7-. The van der Waals surface area contributed by atoms with E-state index in [1.165, 1.54) is 0 Å². The van der Waals surface area contributed by atoms with Crippen LogP contribution in [0.5, 0.6) is 0 Å². The Bertz CT molecular complexity index is 119. The number of hydrogen-bond acceptors (Lipinski definition) is 2. The van der Waals surface area contributed by atoms with Crippen LogP contribution in [-0.2, 0) is 0 Å². The average molecular weight is 124 g/mol. The van der Waals surface area contributed by atoms with E-state index in [2.05, 4.69) is 18.3 Å². The summed E-state index contributed by atoms with van der Waals surface area (Å²) in [5, 5.41) is 11.7. The van der Waals surface area contributed by atoms with Crippen molar-refractivity contribution in [2.24, 2.45) is 5.92 Å². The molecule has 50 valence electrons. The quantitative estimate of drug-likeness (QED) is 0.593. The molecule has 0 aromatic rings. The van der Waals surface area contributed by atoms with Crippen LogP contribution in [0.1, 0.15) is 19.8 Å². The molecule has 1 aliphatic carbocycles. The van der Waals surface area contributed by atoms with Crippen molar-refractivity contribution in [3.63, 3.8) is 0 Å². The number of hydrogen-bond donors (Lipinski definition) is 1. The molecule has 0 unspecified atom stereocenters. The van der Waals surface area contributed by atoms with Crippen LogP contribution in [0.25, 0.3) is 0 Å². The van der Waals surface area contributed by atoms with Gasteiger partial charge in [-0.15, -0.1) is 0 Å². The smallest absolute Gasteiger partial charge is 0.0657 e. The van der Waals surface area contributed by atoms with Crippen LogP contribution in [0.15, 0.2) is 0 Å². The van der Waals surface area contributed by atoms with Crippen molar-refractivity contribution in [1.82, 2.24) is 5.32 Å². The summed E-state index contributed by atoms with van der Waals surface area (Å²) in [6, 6.07) is 2.89. The zero-order valence-corrected chi connectivity index (χ0v) is 5.72. The Hall–Kier alpha value is -0.550. The normalized spacial score (nSPS) is 32.9. The number of nitrogens with one attached hydrogen (secondary N) is 1. The van der Waals surface area contributed by atoms with Gasteiger partial charge in [0.2, 0.25) is 0 Å². The fourth-order valence-electron chi connectivity index (χ4n) is 1.18. The minimum absolute atomic E-state index is 0.342. The molecule has 2 heteroatoms. The van der Waals surface area contributed by atoms with Gasteiger partial charge in [0.15, 0.2) is 0 Å². The van der Waals surface area contributed by atoms with Gasteiger partial charge in [0.05, 0.1) is 6.07 Å². The van der Waals surface area contributed by atoms with E-state index in [1.807, 2.05) is 0 Å². The SMILES string of the molecule is CCN[C@H]1C[C@H](C#N)C1. The first-order valence-electron chi connectivity index (χ1n) is 3.49. The van der Waals surface area contributed by atoms with Gasteiger partial charge in [-0.3, -0.25) is 0 Å². The van der Waals surface area contributed by atoms with Gasteiger partial charge in [-0.2, -0.15) is 5.26 Å². The van der Waals surface area contributed by atoms with Crippen LogP contribution in [0.2, 0.25) is 0 Å². The fraction of sp³-hybridized carbons (Fsp3) is 0.857. The highest BCUT2D eigenvalue weighted by Crippen LogP contribution is 2.25. The molecule has 0 saturated heterocycles. The number of nitrogens with zero attached hydrogens (tertiary/aromatic N) is 1. The van der Waals surface area contributed by atoms with Crippen LogP contribution >= 0.6 is 0 Å². The number of nitriles is 1. The first-order valence-corrected chi connectivity index (χ1v) is 3.49. The van der Waals surface area contributed by atoms with Gasteiger partial charge in [0, 0.05) is 12.0 Å². The Morgan fingerprint density at radius 1 is 1.67 bits per heavy atom. The summed E-state index contributed by atoms with van der Waals surface area (Å²) < 4.78 is 0. The number of rotatable bonds is 2. The Morgan fingerprint density at radius 3 is 2.78 bits per heavy atom. The second-order valence-electron chi connectivity index (χ2n) is 2.55. The zero-order chi connectivity index (χ0) is 6.69. The highest BCUT2D eigenvalue weighted by atomic mass is 14.9. The van der Waals surface area contributed by atoms with Gasteiger partial charge in [-0.05, 0) is 19.4 Å². The summed E-state index contributed by atoms with van der Waals surface area (Å²) in [6.45, 7) is 3.13. The molecule has 0 radical (unpaired) electrons. The second kappa shape index (κ2) is 2.84. The molecule has 2 nitrogen and oxygen atoms in total. The van der Waals surface area contributed by atoms with E-state index < -0.39 is 0 Å². The Balaban J connectivity index is 2.06. The molecule has 0 spiro atoms. The van der Waals surface area contributed by atoms with Gasteiger partial charge < -0.3 is 5.32 Å². The zero-order valence-electron chi connectivity index (χ0n) is 5.72. The topological polar surface area (TPSA) is 35.8 Å². The lowest BCUT2D eigenvalue weighted by molar-refractivity contribution is 0.279. The van der Waals surface area contributed by atoms with Crippen molar-refractivity contribution >= 4 is 0 Å². The summed E-state index contributed by atoms with van der Waals surface area (Å²) in [4.78, 5) is 0. The molecule has 0 amide bonds. The van der Waals surface area contributed by atoms with Crippen molar-refractivity contribution in [3.05, 3.63) is 0 Å². The molecule has 1 N–H and O–H groups in total. The van der Waals surface area contributed by atoms with Crippen LogP contribution in [0.3, 0.4) is 0 Å². The maximum atomic E-state index is 8.39. The predicted molar refractivity (Wildman–Crippen MR) is 35.8 cm³/mol. The van der Waals surface area contributed by atoms with E-state index in [-0.39, 0.29) is 0 Å².